The van der Waals surface area contributed by atoms with E-state index < -0.39 is 0 Å². The number of nitrogens with zero attached hydrogens (tertiary/aromatic N) is 3. The van der Waals surface area contributed by atoms with Crippen LogP contribution in [0.2, 0.25) is 0 Å². The van der Waals surface area contributed by atoms with E-state index in [0.717, 1.165) is 5.56 Å². The zero-order chi connectivity index (χ0) is 18.6. The van der Waals surface area contributed by atoms with Gasteiger partial charge in [-0.05, 0) is 42.0 Å². The molecular formula is C20H18N4O3. The molecule has 0 spiro atoms. The van der Waals surface area contributed by atoms with Gasteiger partial charge in [-0.3, -0.25) is 14.4 Å². The lowest BCUT2D eigenvalue weighted by Gasteiger charge is -2.14. The van der Waals surface area contributed by atoms with Crippen molar-refractivity contribution in [3.8, 4) is 0 Å². The fraction of sp³-hybridized carbons (Fsp3) is 0.150. The van der Waals surface area contributed by atoms with Crippen molar-refractivity contribution < 1.29 is 14.3 Å². The summed E-state index contributed by atoms with van der Waals surface area (Å²) in [6, 6.07) is 16.4. The van der Waals surface area contributed by atoms with Crippen LogP contribution in [0.15, 0.2) is 67.0 Å². The number of amides is 2. The molecule has 0 unspecified atom stereocenters. The Morgan fingerprint density at radius 2 is 2.00 bits per heavy atom. The van der Waals surface area contributed by atoms with Crippen LogP contribution in [0.4, 0.5) is 16.2 Å². The van der Waals surface area contributed by atoms with Crippen LogP contribution in [0.1, 0.15) is 15.9 Å². The highest BCUT2D eigenvalue weighted by atomic mass is 16.6. The van der Waals surface area contributed by atoms with Crippen molar-refractivity contribution >= 4 is 23.4 Å². The fourth-order valence-corrected chi connectivity index (χ4v) is 2.93. The molecule has 1 aliphatic rings. The molecule has 0 radical (unpaired) electrons. The maximum absolute atomic E-state index is 12.5. The van der Waals surface area contributed by atoms with Gasteiger partial charge in [-0.1, -0.05) is 18.2 Å². The fourth-order valence-electron chi connectivity index (χ4n) is 2.93. The highest BCUT2D eigenvalue weighted by Gasteiger charge is 2.23. The predicted molar refractivity (Wildman–Crippen MR) is 101 cm³/mol. The number of anilines is 2. The van der Waals surface area contributed by atoms with Gasteiger partial charge in [0.2, 0.25) is 0 Å². The molecule has 27 heavy (non-hydrogen) atoms. The third kappa shape index (κ3) is 3.82. The lowest BCUT2D eigenvalue weighted by atomic mass is 10.1. The maximum atomic E-state index is 12.5. The van der Waals surface area contributed by atoms with Crippen LogP contribution in [0.3, 0.4) is 0 Å². The van der Waals surface area contributed by atoms with Gasteiger partial charge in [0.15, 0.2) is 0 Å². The largest absolute Gasteiger partial charge is 0.447 e. The van der Waals surface area contributed by atoms with Crippen LogP contribution in [-0.2, 0) is 11.3 Å². The summed E-state index contributed by atoms with van der Waals surface area (Å²) in [5.74, 6) is -0.207. The molecule has 0 atom stereocenters. The van der Waals surface area contributed by atoms with Crippen LogP contribution < -0.4 is 10.2 Å². The monoisotopic (exact) mass is 362 g/mol. The summed E-state index contributed by atoms with van der Waals surface area (Å²) in [6.07, 6.45) is 3.26. The van der Waals surface area contributed by atoms with Gasteiger partial charge in [0.1, 0.15) is 6.61 Å². The van der Waals surface area contributed by atoms with Gasteiger partial charge in [-0.25, -0.2) is 4.79 Å². The van der Waals surface area contributed by atoms with E-state index in [4.69, 9.17) is 4.74 Å². The first-order valence-electron chi connectivity index (χ1n) is 8.61. The average Bonchev–Trinajstić information content (AvgIpc) is 3.34. The number of hydrogen-bond donors (Lipinski definition) is 1. The Kier molecular flexibility index (Phi) is 4.57. The van der Waals surface area contributed by atoms with Crippen molar-refractivity contribution in [2.45, 2.75) is 6.54 Å². The van der Waals surface area contributed by atoms with Crippen molar-refractivity contribution in [1.29, 1.82) is 0 Å². The number of rotatable bonds is 5. The standard InChI is InChI=1S/C20H18N4O3/c25-19(16-7-5-15(6-8-16)14-23-10-2-9-21-23)22-17-3-1-4-18(13-17)24-11-12-27-20(24)26/h1-10,13H,11-12,14H2,(H,22,25). The van der Waals surface area contributed by atoms with Crippen LogP contribution in [0.25, 0.3) is 0 Å². The lowest BCUT2D eigenvalue weighted by Crippen LogP contribution is -2.23. The summed E-state index contributed by atoms with van der Waals surface area (Å²) in [5.41, 5.74) is 2.94. The number of hydrogen-bond acceptors (Lipinski definition) is 4. The number of benzene rings is 2. The molecule has 1 saturated heterocycles. The van der Waals surface area contributed by atoms with E-state index in [2.05, 4.69) is 10.4 Å². The molecule has 1 N–H and O–H groups in total. The summed E-state index contributed by atoms with van der Waals surface area (Å²) >= 11 is 0. The molecule has 7 nitrogen and oxygen atoms in total. The number of aromatic nitrogens is 2. The quantitative estimate of drug-likeness (QED) is 0.756. The Labute approximate surface area is 156 Å². The topological polar surface area (TPSA) is 76.5 Å². The van der Waals surface area contributed by atoms with Gasteiger partial charge in [0, 0.05) is 29.3 Å². The van der Waals surface area contributed by atoms with Crippen molar-refractivity contribution in [2.24, 2.45) is 0 Å². The molecule has 1 aromatic heterocycles. The van der Waals surface area contributed by atoms with Gasteiger partial charge in [0.25, 0.3) is 5.91 Å². The Morgan fingerprint density at radius 3 is 2.70 bits per heavy atom. The number of nitrogens with one attached hydrogen (secondary N) is 1. The minimum atomic E-state index is -0.369. The first kappa shape index (κ1) is 16.8. The van der Waals surface area contributed by atoms with E-state index in [1.165, 1.54) is 0 Å². The van der Waals surface area contributed by atoms with E-state index >= 15 is 0 Å². The van der Waals surface area contributed by atoms with Crippen LogP contribution in [-0.4, -0.2) is 34.9 Å². The molecule has 3 aromatic rings. The molecule has 2 heterocycles. The smallest absolute Gasteiger partial charge is 0.414 e. The third-order valence-electron chi connectivity index (χ3n) is 4.30. The Bertz CT molecular complexity index is 952. The first-order chi connectivity index (χ1) is 13.2. The second-order valence-corrected chi connectivity index (χ2v) is 6.17. The van der Waals surface area contributed by atoms with Crippen LogP contribution in [0, 0.1) is 0 Å². The zero-order valence-electron chi connectivity index (χ0n) is 14.5. The van der Waals surface area contributed by atoms with Crippen molar-refractivity contribution in [1.82, 2.24) is 9.78 Å². The molecule has 4 rings (SSSR count). The Balaban J connectivity index is 1.43. The normalized spacial score (nSPS) is 13.5. The van der Waals surface area contributed by atoms with Gasteiger partial charge in [-0.2, -0.15) is 5.10 Å². The Morgan fingerprint density at radius 1 is 1.15 bits per heavy atom. The molecule has 0 saturated carbocycles. The minimum Gasteiger partial charge on any atom is -0.447 e. The summed E-state index contributed by atoms with van der Waals surface area (Å²) in [6.45, 7) is 1.54. The van der Waals surface area contributed by atoms with Gasteiger partial charge < -0.3 is 10.1 Å². The summed E-state index contributed by atoms with van der Waals surface area (Å²) in [4.78, 5) is 25.7. The number of ether oxygens (including phenoxy) is 1. The lowest BCUT2D eigenvalue weighted by molar-refractivity contribution is 0.102. The zero-order valence-corrected chi connectivity index (χ0v) is 14.5. The number of carbonyl (C=O) groups excluding carboxylic acids is 2. The van der Waals surface area contributed by atoms with E-state index in [1.54, 1.807) is 41.4 Å². The van der Waals surface area contributed by atoms with Gasteiger partial charge in [0.05, 0.1) is 13.1 Å². The SMILES string of the molecule is O=C(Nc1cccc(N2CCOC2=O)c1)c1ccc(Cn2cccn2)cc1. The molecule has 1 fully saturated rings. The number of carbonyl (C=O) groups is 2. The van der Waals surface area contributed by atoms with Crippen molar-refractivity contribution in [2.75, 3.05) is 23.4 Å². The average molecular weight is 362 g/mol. The molecule has 0 aliphatic carbocycles. The van der Waals surface area contributed by atoms with E-state index in [9.17, 15) is 9.59 Å². The molecule has 136 valence electrons. The highest BCUT2D eigenvalue weighted by molar-refractivity contribution is 6.04. The van der Waals surface area contributed by atoms with Gasteiger partial charge >= 0.3 is 6.09 Å². The van der Waals surface area contributed by atoms with Crippen LogP contribution in [0.5, 0.6) is 0 Å². The predicted octanol–water partition coefficient (Wildman–Crippen LogP) is 3.14. The second-order valence-electron chi connectivity index (χ2n) is 6.17. The van der Waals surface area contributed by atoms with Crippen LogP contribution >= 0.6 is 0 Å². The summed E-state index contributed by atoms with van der Waals surface area (Å²) < 4.78 is 6.78. The molecule has 0 bridgehead atoms. The maximum Gasteiger partial charge on any atom is 0.414 e. The summed E-state index contributed by atoms with van der Waals surface area (Å²) in [7, 11) is 0. The summed E-state index contributed by atoms with van der Waals surface area (Å²) in [5, 5.41) is 7.04. The minimum absolute atomic E-state index is 0.207. The molecule has 1 aliphatic heterocycles. The highest BCUT2D eigenvalue weighted by Crippen LogP contribution is 2.23. The molecule has 2 amide bonds. The number of cyclic esters (lactones) is 1. The van der Waals surface area contributed by atoms with E-state index in [-0.39, 0.29) is 12.0 Å². The van der Waals surface area contributed by atoms with E-state index in [0.29, 0.717) is 36.6 Å². The van der Waals surface area contributed by atoms with Crippen molar-refractivity contribution in [3.63, 3.8) is 0 Å². The van der Waals surface area contributed by atoms with E-state index in [1.807, 2.05) is 35.1 Å². The third-order valence-corrected chi connectivity index (χ3v) is 4.30. The Hall–Kier alpha value is -3.61. The van der Waals surface area contributed by atoms with Gasteiger partial charge in [-0.15, -0.1) is 0 Å². The molecular weight excluding hydrogens is 344 g/mol. The first-order valence-corrected chi connectivity index (χ1v) is 8.61. The molecule has 2 aromatic carbocycles. The van der Waals surface area contributed by atoms with Crippen molar-refractivity contribution in [3.05, 3.63) is 78.1 Å². The molecule has 7 heteroatoms. The second kappa shape index (κ2) is 7.33.